The Morgan fingerprint density at radius 1 is 1.03 bits per heavy atom. The van der Waals surface area contributed by atoms with Crippen LogP contribution in [0.5, 0.6) is 0 Å². The van der Waals surface area contributed by atoms with Gasteiger partial charge in [0.1, 0.15) is 12.6 Å². The van der Waals surface area contributed by atoms with Crippen molar-refractivity contribution in [3.05, 3.63) is 59.7 Å². The zero-order valence-corrected chi connectivity index (χ0v) is 17.9. The van der Waals surface area contributed by atoms with Crippen LogP contribution >= 0.6 is 0 Å². The lowest BCUT2D eigenvalue weighted by Crippen LogP contribution is -2.48. The monoisotopic (exact) mass is 440 g/mol. The Bertz CT molecular complexity index is 931. The van der Waals surface area contributed by atoms with E-state index >= 15 is 0 Å². The summed E-state index contributed by atoms with van der Waals surface area (Å²) in [7, 11) is 0. The minimum absolute atomic E-state index is 0.00805. The molecule has 170 valence electrons. The molecule has 8 nitrogen and oxygen atoms in total. The van der Waals surface area contributed by atoms with Gasteiger partial charge < -0.3 is 25.6 Å². The molecule has 2 aromatic rings. The zero-order valence-electron chi connectivity index (χ0n) is 17.9. The van der Waals surface area contributed by atoms with E-state index in [0.29, 0.717) is 12.8 Å². The summed E-state index contributed by atoms with van der Waals surface area (Å²) in [5, 5.41) is 23.0. The van der Waals surface area contributed by atoms with Gasteiger partial charge in [0.05, 0.1) is 12.5 Å². The summed E-state index contributed by atoms with van der Waals surface area (Å²) in [6.07, 6.45) is 0.479. The highest BCUT2D eigenvalue weighted by Gasteiger charge is 2.29. The highest BCUT2D eigenvalue weighted by atomic mass is 16.5. The van der Waals surface area contributed by atoms with Crippen molar-refractivity contribution in [3.8, 4) is 11.1 Å². The first-order valence-electron chi connectivity index (χ1n) is 10.7. The van der Waals surface area contributed by atoms with Crippen molar-refractivity contribution in [1.82, 2.24) is 10.6 Å². The van der Waals surface area contributed by atoms with E-state index < -0.39 is 36.5 Å². The van der Waals surface area contributed by atoms with Crippen LogP contribution in [-0.4, -0.2) is 54.0 Å². The lowest BCUT2D eigenvalue weighted by Gasteiger charge is -2.20. The number of amides is 2. The highest BCUT2D eigenvalue weighted by Crippen LogP contribution is 2.44. The van der Waals surface area contributed by atoms with E-state index in [1.165, 1.54) is 0 Å². The molecule has 0 saturated heterocycles. The fraction of sp³-hybridized carbons (Fsp3) is 0.375. The smallest absolute Gasteiger partial charge is 0.407 e. The van der Waals surface area contributed by atoms with Crippen molar-refractivity contribution in [2.75, 3.05) is 19.8 Å². The van der Waals surface area contributed by atoms with Crippen LogP contribution in [0.3, 0.4) is 0 Å². The second-order valence-electron chi connectivity index (χ2n) is 7.77. The van der Waals surface area contributed by atoms with Gasteiger partial charge in [0.15, 0.2) is 0 Å². The third-order valence-electron chi connectivity index (χ3n) is 5.64. The van der Waals surface area contributed by atoms with Crippen LogP contribution in [0.15, 0.2) is 48.5 Å². The van der Waals surface area contributed by atoms with Crippen molar-refractivity contribution in [3.63, 3.8) is 0 Å². The number of hydrogen-bond acceptors (Lipinski definition) is 5. The number of nitrogens with one attached hydrogen (secondary N) is 2. The van der Waals surface area contributed by atoms with Gasteiger partial charge in [-0.2, -0.15) is 0 Å². The molecule has 0 aliphatic heterocycles. The molecular weight excluding hydrogens is 412 g/mol. The van der Waals surface area contributed by atoms with Gasteiger partial charge in [0, 0.05) is 12.5 Å². The maximum absolute atomic E-state index is 12.4. The second-order valence-corrected chi connectivity index (χ2v) is 7.77. The Kier molecular flexibility index (Phi) is 7.83. The lowest BCUT2D eigenvalue weighted by molar-refractivity contribution is -0.143. The number of hydrogen-bond donors (Lipinski definition) is 4. The quantitative estimate of drug-likeness (QED) is 0.450. The Hall–Kier alpha value is -3.39. The molecule has 4 N–H and O–H groups in total. The van der Waals surface area contributed by atoms with Crippen LogP contribution in [0.2, 0.25) is 0 Å². The number of carboxylic acid groups (broad SMARTS) is 1. The Morgan fingerprint density at radius 3 is 2.16 bits per heavy atom. The van der Waals surface area contributed by atoms with E-state index in [2.05, 4.69) is 22.8 Å². The molecule has 1 aliphatic carbocycles. The Balaban J connectivity index is 1.57. The Morgan fingerprint density at radius 2 is 1.62 bits per heavy atom. The topological polar surface area (TPSA) is 125 Å². The van der Waals surface area contributed by atoms with Crippen LogP contribution in [0.4, 0.5) is 4.79 Å². The molecule has 0 saturated carbocycles. The third kappa shape index (κ3) is 5.26. The number of rotatable bonds is 10. The first-order chi connectivity index (χ1) is 15.5. The van der Waals surface area contributed by atoms with Gasteiger partial charge in [0.2, 0.25) is 5.91 Å². The first kappa shape index (κ1) is 23.3. The van der Waals surface area contributed by atoms with Gasteiger partial charge in [-0.3, -0.25) is 4.79 Å². The third-order valence-corrected chi connectivity index (χ3v) is 5.64. The van der Waals surface area contributed by atoms with E-state index in [1.807, 2.05) is 43.3 Å². The molecule has 0 radical (unpaired) electrons. The van der Waals surface area contributed by atoms with E-state index in [0.717, 1.165) is 22.3 Å². The maximum atomic E-state index is 12.4. The number of aliphatic hydroxyl groups is 1. The molecule has 1 aliphatic rings. The number of fused-ring (bicyclic) bond motifs is 3. The van der Waals surface area contributed by atoms with Gasteiger partial charge in [-0.1, -0.05) is 61.9 Å². The molecule has 2 atom stereocenters. The zero-order chi connectivity index (χ0) is 23.1. The average molecular weight is 440 g/mol. The molecule has 0 heterocycles. The maximum Gasteiger partial charge on any atom is 0.407 e. The molecule has 32 heavy (non-hydrogen) atoms. The van der Waals surface area contributed by atoms with E-state index in [4.69, 9.17) is 14.9 Å². The number of carbonyl (C=O) groups excluding carboxylic acids is 2. The van der Waals surface area contributed by atoms with Gasteiger partial charge in [0.25, 0.3) is 0 Å². The lowest BCUT2D eigenvalue weighted by atomic mass is 9.98. The molecule has 2 amide bonds. The molecule has 0 fully saturated rings. The number of aliphatic hydroxyl groups excluding tert-OH is 1. The standard InChI is InChI=1S/C24H28N2O6/c1-2-7-15(22(28)26-21(13-27)23(29)30)12-25-24(31)32-14-20-18-10-5-3-8-16(18)17-9-4-6-11-19(17)20/h3-6,8-11,15,20-21,27H,2,7,12-14H2,1H3,(H,25,31)(H,26,28)(H,29,30)/t15?,21-/m0/s1. The highest BCUT2D eigenvalue weighted by molar-refractivity contribution is 5.85. The second kappa shape index (κ2) is 10.8. The van der Waals surface area contributed by atoms with E-state index in [1.54, 1.807) is 0 Å². The van der Waals surface area contributed by atoms with Gasteiger partial charge in [-0.25, -0.2) is 9.59 Å². The molecule has 0 bridgehead atoms. The summed E-state index contributed by atoms with van der Waals surface area (Å²) < 4.78 is 5.47. The fourth-order valence-electron chi connectivity index (χ4n) is 4.01. The van der Waals surface area contributed by atoms with E-state index in [9.17, 15) is 14.4 Å². The van der Waals surface area contributed by atoms with Crippen LogP contribution in [0, 0.1) is 5.92 Å². The largest absolute Gasteiger partial charge is 0.480 e. The number of aliphatic carboxylic acids is 1. The first-order valence-corrected chi connectivity index (χ1v) is 10.7. The molecule has 8 heteroatoms. The SMILES string of the molecule is CCCC(CNC(=O)OCC1c2ccccc2-c2ccccc21)C(=O)N[C@@H](CO)C(=O)O. The van der Waals surface area contributed by atoms with Gasteiger partial charge >= 0.3 is 12.1 Å². The number of carboxylic acids is 1. The molecule has 2 aromatic carbocycles. The van der Waals surface area contributed by atoms with Crippen molar-refractivity contribution in [2.45, 2.75) is 31.7 Å². The van der Waals surface area contributed by atoms with Crippen molar-refractivity contribution < 1.29 is 29.3 Å². The predicted octanol–water partition coefficient (Wildman–Crippen LogP) is 2.50. The van der Waals surface area contributed by atoms with Crippen molar-refractivity contribution in [2.24, 2.45) is 5.92 Å². The predicted molar refractivity (Wildman–Crippen MR) is 118 cm³/mol. The molecule has 1 unspecified atom stereocenters. The Labute approximate surface area is 186 Å². The van der Waals surface area contributed by atoms with Crippen LogP contribution < -0.4 is 10.6 Å². The fourth-order valence-corrected chi connectivity index (χ4v) is 4.01. The number of alkyl carbamates (subject to hydrolysis) is 1. The summed E-state index contributed by atoms with van der Waals surface area (Å²) in [6, 6.07) is 14.7. The molecule has 3 rings (SSSR count). The van der Waals surface area contributed by atoms with Gasteiger partial charge in [-0.05, 0) is 28.7 Å². The normalized spacial score (nSPS) is 14.1. The minimum Gasteiger partial charge on any atom is -0.480 e. The number of ether oxygens (including phenoxy) is 1. The summed E-state index contributed by atoms with van der Waals surface area (Å²) in [5.41, 5.74) is 4.48. The van der Waals surface area contributed by atoms with Crippen molar-refractivity contribution in [1.29, 1.82) is 0 Å². The van der Waals surface area contributed by atoms with Crippen LogP contribution in [-0.2, 0) is 14.3 Å². The van der Waals surface area contributed by atoms with Crippen molar-refractivity contribution >= 4 is 18.0 Å². The van der Waals surface area contributed by atoms with E-state index in [-0.39, 0.29) is 19.1 Å². The average Bonchev–Trinajstić information content (AvgIpc) is 3.12. The van der Waals surface area contributed by atoms with Crippen LogP contribution in [0.1, 0.15) is 36.8 Å². The summed E-state index contributed by atoms with van der Waals surface area (Å²) in [6.45, 7) is 1.35. The van der Waals surface area contributed by atoms with Gasteiger partial charge in [-0.15, -0.1) is 0 Å². The summed E-state index contributed by atoms with van der Waals surface area (Å²) in [5.74, 6) is -2.55. The summed E-state index contributed by atoms with van der Waals surface area (Å²) in [4.78, 5) is 35.8. The summed E-state index contributed by atoms with van der Waals surface area (Å²) >= 11 is 0. The molecule has 0 aromatic heterocycles. The molecule has 0 spiro atoms. The van der Waals surface area contributed by atoms with Crippen LogP contribution in [0.25, 0.3) is 11.1 Å². The molecular formula is C24H28N2O6. The number of benzene rings is 2. The minimum atomic E-state index is -1.38. The number of carbonyl (C=O) groups is 3.